The third kappa shape index (κ3) is 1.95. The molecule has 0 radical (unpaired) electrons. The van der Waals surface area contributed by atoms with E-state index in [2.05, 4.69) is 10.3 Å². The van der Waals surface area contributed by atoms with Crippen LogP contribution in [0.5, 0.6) is 0 Å². The molecule has 2 N–H and O–H groups in total. The molecule has 1 heterocycles. The van der Waals surface area contributed by atoms with Crippen molar-refractivity contribution in [3.63, 3.8) is 0 Å². The molecule has 0 bridgehead atoms. The molecule has 0 aliphatic rings. The Morgan fingerprint density at radius 3 is 2.83 bits per heavy atom. The lowest BCUT2D eigenvalue weighted by molar-refractivity contribution is 0.277. The summed E-state index contributed by atoms with van der Waals surface area (Å²) in [6.45, 7) is 4.86. The van der Waals surface area contributed by atoms with Gasteiger partial charge in [0.2, 0.25) is 0 Å². The zero-order valence-electron chi connectivity index (χ0n) is 7.46. The van der Waals surface area contributed by atoms with E-state index in [-0.39, 0.29) is 6.61 Å². The highest BCUT2D eigenvalue weighted by molar-refractivity contribution is 5.43. The molecule has 0 spiro atoms. The van der Waals surface area contributed by atoms with Gasteiger partial charge in [-0.2, -0.15) is 0 Å². The van der Waals surface area contributed by atoms with Gasteiger partial charge in [-0.05, 0) is 25.5 Å². The average Bonchev–Trinajstić information content (AvgIpc) is 2.09. The van der Waals surface area contributed by atoms with Gasteiger partial charge in [0, 0.05) is 6.54 Å². The minimum Gasteiger partial charge on any atom is -0.390 e. The van der Waals surface area contributed by atoms with Crippen LogP contribution in [-0.2, 0) is 6.61 Å². The molecule has 0 aliphatic carbocycles. The molecule has 3 heteroatoms. The average molecular weight is 166 g/mol. The van der Waals surface area contributed by atoms with Crippen molar-refractivity contribution in [3.8, 4) is 0 Å². The summed E-state index contributed by atoms with van der Waals surface area (Å²) >= 11 is 0. The van der Waals surface area contributed by atoms with Crippen LogP contribution < -0.4 is 5.32 Å². The minimum atomic E-state index is -0.00132. The number of anilines is 1. The summed E-state index contributed by atoms with van der Waals surface area (Å²) in [5.74, 6) is 0.865. The summed E-state index contributed by atoms with van der Waals surface area (Å²) in [7, 11) is 0. The normalized spacial score (nSPS) is 9.92. The number of aliphatic hydroxyl groups excluding tert-OH is 1. The molecular weight excluding hydrogens is 152 g/mol. The number of aromatic nitrogens is 1. The quantitative estimate of drug-likeness (QED) is 0.711. The molecule has 0 atom stereocenters. The van der Waals surface area contributed by atoms with Crippen molar-refractivity contribution in [2.45, 2.75) is 20.5 Å². The van der Waals surface area contributed by atoms with Gasteiger partial charge in [-0.3, -0.25) is 0 Å². The molecule has 1 rings (SSSR count). The van der Waals surface area contributed by atoms with Gasteiger partial charge in [-0.25, -0.2) is 4.98 Å². The molecule has 1 aromatic rings. The van der Waals surface area contributed by atoms with E-state index >= 15 is 0 Å². The van der Waals surface area contributed by atoms with E-state index < -0.39 is 0 Å². The van der Waals surface area contributed by atoms with Crippen molar-refractivity contribution in [3.05, 3.63) is 23.4 Å². The molecule has 0 aromatic carbocycles. The Morgan fingerprint density at radius 1 is 1.50 bits per heavy atom. The molecule has 0 amide bonds. The van der Waals surface area contributed by atoms with E-state index in [4.69, 9.17) is 5.11 Å². The first-order valence-electron chi connectivity index (χ1n) is 4.09. The van der Waals surface area contributed by atoms with Crippen LogP contribution in [0.15, 0.2) is 12.1 Å². The van der Waals surface area contributed by atoms with E-state index in [1.807, 2.05) is 26.0 Å². The highest BCUT2D eigenvalue weighted by Crippen LogP contribution is 2.11. The monoisotopic (exact) mass is 166 g/mol. The van der Waals surface area contributed by atoms with Gasteiger partial charge in [-0.15, -0.1) is 0 Å². The highest BCUT2D eigenvalue weighted by atomic mass is 16.3. The maximum absolute atomic E-state index is 8.83. The molecule has 66 valence electrons. The van der Waals surface area contributed by atoms with E-state index in [1.54, 1.807) is 0 Å². The first-order valence-corrected chi connectivity index (χ1v) is 4.09. The molecule has 3 nitrogen and oxygen atoms in total. The summed E-state index contributed by atoms with van der Waals surface area (Å²) in [6, 6.07) is 3.78. The zero-order chi connectivity index (χ0) is 8.97. The minimum absolute atomic E-state index is 0.00132. The summed E-state index contributed by atoms with van der Waals surface area (Å²) in [6.07, 6.45) is 0. The number of pyridine rings is 1. The van der Waals surface area contributed by atoms with Crippen molar-refractivity contribution in [1.29, 1.82) is 0 Å². The highest BCUT2D eigenvalue weighted by Gasteiger charge is 1.99. The number of aliphatic hydroxyl groups is 1. The molecule has 0 saturated carbocycles. The van der Waals surface area contributed by atoms with E-state index in [0.717, 1.165) is 17.9 Å². The summed E-state index contributed by atoms with van der Waals surface area (Å²) in [5, 5.41) is 12.0. The second-order valence-electron chi connectivity index (χ2n) is 2.66. The van der Waals surface area contributed by atoms with Crippen LogP contribution in [0, 0.1) is 6.92 Å². The van der Waals surface area contributed by atoms with Crippen molar-refractivity contribution in [2.75, 3.05) is 11.9 Å². The van der Waals surface area contributed by atoms with Crippen LogP contribution in [0.3, 0.4) is 0 Å². The number of nitrogens with one attached hydrogen (secondary N) is 1. The van der Waals surface area contributed by atoms with Gasteiger partial charge in [0.25, 0.3) is 0 Å². The second kappa shape index (κ2) is 4.07. The van der Waals surface area contributed by atoms with Crippen LogP contribution in [-0.4, -0.2) is 16.6 Å². The third-order valence-electron chi connectivity index (χ3n) is 1.66. The van der Waals surface area contributed by atoms with Gasteiger partial charge in [0.1, 0.15) is 5.82 Å². The van der Waals surface area contributed by atoms with Crippen molar-refractivity contribution in [2.24, 2.45) is 0 Å². The summed E-state index contributed by atoms with van der Waals surface area (Å²) in [4.78, 5) is 4.22. The van der Waals surface area contributed by atoms with Crippen molar-refractivity contribution >= 4 is 5.82 Å². The molecule has 0 aliphatic heterocycles. The molecule has 0 saturated heterocycles. The Kier molecular flexibility index (Phi) is 3.05. The molecule has 1 aromatic heterocycles. The standard InChI is InChI=1S/C9H14N2O/c1-3-10-9-7(2)4-5-8(6-12)11-9/h4-5,12H,3,6H2,1-2H3,(H,10,11). The summed E-state index contributed by atoms with van der Waals surface area (Å²) < 4.78 is 0. The predicted octanol–water partition coefficient (Wildman–Crippen LogP) is 1.31. The molecule has 0 fully saturated rings. The molecule has 12 heavy (non-hydrogen) atoms. The fourth-order valence-electron chi connectivity index (χ4n) is 1.00. The van der Waals surface area contributed by atoms with Crippen molar-refractivity contribution < 1.29 is 5.11 Å². The van der Waals surface area contributed by atoms with Gasteiger partial charge in [0.15, 0.2) is 0 Å². The number of hydrogen-bond acceptors (Lipinski definition) is 3. The number of nitrogens with zero attached hydrogens (tertiary/aromatic N) is 1. The lowest BCUT2D eigenvalue weighted by Gasteiger charge is -2.06. The van der Waals surface area contributed by atoms with Crippen LogP contribution in [0.4, 0.5) is 5.82 Å². The smallest absolute Gasteiger partial charge is 0.129 e. The maximum atomic E-state index is 8.83. The Balaban J connectivity index is 2.91. The topological polar surface area (TPSA) is 45.2 Å². The van der Waals surface area contributed by atoms with E-state index in [9.17, 15) is 0 Å². The zero-order valence-corrected chi connectivity index (χ0v) is 7.46. The van der Waals surface area contributed by atoms with Crippen LogP contribution in [0.1, 0.15) is 18.2 Å². The first-order chi connectivity index (χ1) is 5.77. The number of hydrogen-bond donors (Lipinski definition) is 2. The molecular formula is C9H14N2O. The Labute approximate surface area is 72.5 Å². The SMILES string of the molecule is CCNc1nc(CO)ccc1C. The lowest BCUT2D eigenvalue weighted by Crippen LogP contribution is -2.03. The maximum Gasteiger partial charge on any atom is 0.129 e. The number of aryl methyl sites for hydroxylation is 1. The predicted molar refractivity (Wildman–Crippen MR) is 49.1 cm³/mol. The van der Waals surface area contributed by atoms with Crippen LogP contribution in [0.2, 0.25) is 0 Å². The Morgan fingerprint density at radius 2 is 2.25 bits per heavy atom. The van der Waals surface area contributed by atoms with Crippen LogP contribution >= 0.6 is 0 Å². The fraction of sp³-hybridized carbons (Fsp3) is 0.444. The largest absolute Gasteiger partial charge is 0.390 e. The van der Waals surface area contributed by atoms with E-state index in [0.29, 0.717) is 5.69 Å². The van der Waals surface area contributed by atoms with Crippen LogP contribution in [0.25, 0.3) is 0 Å². The van der Waals surface area contributed by atoms with Gasteiger partial charge >= 0.3 is 0 Å². The fourth-order valence-corrected chi connectivity index (χ4v) is 1.00. The summed E-state index contributed by atoms with van der Waals surface area (Å²) in [5.41, 5.74) is 1.81. The Hall–Kier alpha value is -1.09. The molecule has 0 unspecified atom stereocenters. The lowest BCUT2D eigenvalue weighted by atomic mass is 10.2. The van der Waals surface area contributed by atoms with E-state index in [1.165, 1.54) is 0 Å². The van der Waals surface area contributed by atoms with Gasteiger partial charge < -0.3 is 10.4 Å². The first kappa shape index (κ1) is 9.00. The van der Waals surface area contributed by atoms with Crippen molar-refractivity contribution in [1.82, 2.24) is 4.98 Å². The third-order valence-corrected chi connectivity index (χ3v) is 1.66. The number of rotatable bonds is 3. The second-order valence-corrected chi connectivity index (χ2v) is 2.66. The van der Waals surface area contributed by atoms with Gasteiger partial charge in [-0.1, -0.05) is 6.07 Å². The Bertz CT molecular complexity index is 261. The van der Waals surface area contributed by atoms with Gasteiger partial charge in [0.05, 0.1) is 12.3 Å².